The highest BCUT2D eigenvalue weighted by atomic mass is 35.5. The SMILES string of the molecule is CC(F)(F)CCNC(=O)c1ccc2c(Cl)c(-c3nn(C(C)(C)C)c4ncnc(N)c34)[nH]c2c1. The van der Waals surface area contributed by atoms with Crippen molar-refractivity contribution in [3.8, 4) is 11.4 Å². The Morgan fingerprint density at radius 2 is 1.97 bits per heavy atom. The predicted molar refractivity (Wildman–Crippen MR) is 125 cm³/mol. The second-order valence-corrected chi connectivity index (χ2v) is 9.42. The van der Waals surface area contributed by atoms with Crippen molar-refractivity contribution in [2.24, 2.45) is 0 Å². The second-order valence-electron chi connectivity index (χ2n) is 9.04. The first-order valence-corrected chi connectivity index (χ1v) is 10.7. The summed E-state index contributed by atoms with van der Waals surface area (Å²) in [6.45, 7) is 6.66. The van der Waals surface area contributed by atoms with Crippen LogP contribution in [0, 0.1) is 0 Å². The average molecular weight is 476 g/mol. The van der Waals surface area contributed by atoms with Crippen LogP contribution in [0.25, 0.3) is 33.3 Å². The van der Waals surface area contributed by atoms with Crippen molar-refractivity contribution in [1.82, 2.24) is 30.0 Å². The number of carbonyl (C=O) groups is 1. The van der Waals surface area contributed by atoms with Gasteiger partial charge in [0, 0.05) is 29.4 Å². The Labute approximate surface area is 193 Å². The molecule has 0 spiro atoms. The number of hydrogen-bond donors (Lipinski definition) is 3. The van der Waals surface area contributed by atoms with E-state index < -0.39 is 18.3 Å². The molecule has 0 aliphatic rings. The maximum Gasteiger partial charge on any atom is 0.251 e. The van der Waals surface area contributed by atoms with E-state index in [9.17, 15) is 13.6 Å². The Morgan fingerprint density at radius 1 is 1.24 bits per heavy atom. The van der Waals surface area contributed by atoms with E-state index in [1.54, 1.807) is 22.9 Å². The molecule has 0 fully saturated rings. The zero-order chi connectivity index (χ0) is 24.1. The minimum atomic E-state index is -2.84. The number of aromatic nitrogens is 5. The number of nitrogens with zero attached hydrogens (tertiary/aromatic N) is 4. The smallest absolute Gasteiger partial charge is 0.251 e. The molecule has 8 nitrogen and oxygen atoms in total. The molecule has 0 saturated heterocycles. The number of nitrogens with two attached hydrogens (primary N) is 1. The summed E-state index contributed by atoms with van der Waals surface area (Å²) in [4.78, 5) is 24.1. The number of anilines is 1. The number of nitrogens with one attached hydrogen (secondary N) is 2. The fourth-order valence-electron chi connectivity index (χ4n) is 3.58. The van der Waals surface area contributed by atoms with Gasteiger partial charge in [0.1, 0.15) is 17.8 Å². The number of alkyl halides is 2. The Balaban J connectivity index is 1.77. The van der Waals surface area contributed by atoms with Gasteiger partial charge < -0.3 is 16.0 Å². The third-order valence-electron chi connectivity index (χ3n) is 5.21. The summed E-state index contributed by atoms with van der Waals surface area (Å²) in [6, 6.07) is 4.91. The van der Waals surface area contributed by atoms with Gasteiger partial charge in [-0.3, -0.25) is 4.79 Å². The van der Waals surface area contributed by atoms with Gasteiger partial charge in [-0.05, 0) is 39.8 Å². The summed E-state index contributed by atoms with van der Waals surface area (Å²) in [5.41, 5.74) is 8.29. The van der Waals surface area contributed by atoms with Crippen LogP contribution in [0.4, 0.5) is 14.6 Å². The van der Waals surface area contributed by atoms with Crippen molar-refractivity contribution in [2.75, 3.05) is 12.3 Å². The van der Waals surface area contributed by atoms with Crippen LogP contribution >= 0.6 is 11.6 Å². The van der Waals surface area contributed by atoms with Crippen molar-refractivity contribution in [2.45, 2.75) is 45.6 Å². The summed E-state index contributed by atoms with van der Waals surface area (Å²) in [7, 11) is 0. The number of aromatic amines is 1. The van der Waals surface area contributed by atoms with Crippen molar-refractivity contribution in [3.63, 3.8) is 0 Å². The molecule has 4 N–H and O–H groups in total. The lowest BCUT2D eigenvalue weighted by atomic mass is 10.1. The van der Waals surface area contributed by atoms with Crippen LogP contribution in [0.5, 0.6) is 0 Å². The first kappa shape index (κ1) is 22.9. The fraction of sp³-hybridized carbons (Fsp3) is 0.364. The second kappa shape index (κ2) is 7.95. The van der Waals surface area contributed by atoms with Crippen LogP contribution in [-0.2, 0) is 5.54 Å². The number of rotatable bonds is 5. The van der Waals surface area contributed by atoms with E-state index in [0.717, 1.165) is 6.92 Å². The van der Waals surface area contributed by atoms with E-state index in [-0.39, 0.29) is 17.9 Å². The van der Waals surface area contributed by atoms with Gasteiger partial charge >= 0.3 is 0 Å². The summed E-state index contributed by atoms with van der Waals surface area (Å²) in [5, 5.41) is 8.90. The summed E-state index contributed by atoms with van der Waals surface area (Å²) in [6.07, 6.45) is 0.948. The van der Waals surface area contributed by atoms with E-state index in [1.165, 1.54) is 6.33 Å². The standard InChI is InChI=1S/C22H24ClF2N7O/c1-21(2,3)32-19-14(18(26)28-10-29-19)16(31-32)17-15(23)12-6-5-11(9-13(12)30-17)20(33)27-8-7-22(4,24)25/h5-6,9-10,30H,7-8H2,1-4H3,(H,27,33)(H2,26,28,29). The van der Waals surface area contributed by atoms with Crippen LogP contribution in [0.15, 0.2) is 24.5 Å². The molecule has 1 aromatic carbocycles. The summed E-state index contributed by atoms with van der Waals surface area (Å²) < 4.78 is 27.8. The molecule has 174 valence electrons. The molecule has 3 heterocycles. The lowest BCUT2D eigenvalue weighted by Crippen LogP contribution is -2.28. The number of benzene rings is 1. The van der Waals surface area contributed by atoms with Crippen molar-refractivity contribution < 1.29 is 13.6 Å². The minimum Gasteiger partial charge on any atom is -0.383 e. The van der Waals surface area contributed by atoms with Crippen LogP contribution in [0.1, 0.15) is 44.5 Å². The molecule has 0 aliphatic carbocycles. The third-order valence-corrected chi connectivity index (χ3v) is 5.61. The quantitative estimate of drug-likeness (QED) is 0.385. The third kappa shape index (κ3) is 4.35. The molecule has 0 bridgehead atoms. The molecule has 0 atom stereocenters. The van der Waals surface area contributed by atoms with Crippen LogP contribution in [0.3, 0.4) is 0 Å². The Kier molecular flexibility index (Phi) is 5.52. The zero-order valence-electron chi connectivity index (χ0n) is 18.6. The van der Waals surface area contributed by atoms with E-state index in [1.807, 2.05) is 20.8 Å². The van der Waals surface area contributed by atoms with E-state index >= 15 is 0 Å². The summed E-state index contributed by atoms with van der Waals surface area (Å²) in [5.74, 6) is -3.02. The molecule has 0 radical (unpaired) electrons. The first-order valence-electron chi connectivity index (χ1n) is 10.3. The van der Waals surface area contributed by atoms with E-state index in [4.69, 9.17) is 22.4 Å². The van der Waals surface area contributed by atoms with Gasteiger partial charge in [0.25, 0.3) is 5.91 Å². The van der Waals surface area contributed by atoms with Crippen LogP contribution in [0.2, 0.25) is 5.02 Å². The van der Waals surface area contributed by atoms with Gasteiger partial charge in [0.15, 0.2) is 5.65 Å². The molecule has 1 amide bonds. The van der Waals surface area contributed by atoms with Crippen molar-refractivity contribution in [1.29, 1.82) is 0 Å². The lowest BCUT2D eigenvalue weighted by Gasteiger charge is -2.19. The number of carbonyl (C=O) groups excluding carboxylic acids is 1. The van der Waals surface area contributed by atoms with Crippen LogP contribution in [-0.4, -0.2) is 43.1 Å². The number of nitrogen functional groups attached to an aromatic ring is 1. The number of H-pyrrole nitrogens is 1. The Morgan fingerprint density at radius 3 is 2.64 bits per heavy atom. The maximum atomic E-state index is 13.0. The van der Waals surface area contributed by atoms with E-state index in [2.05, 4.69) is 20.3 Å². The van der Waals surface area contributed by atoms with E-state index in [0.29, 0.717) is 43.9 Å². The highest BCUT2D eigenvalue weighted by Gasteiger charge is 2.26. The molecule has 11 heteroatoms. The zero-order valence-corrected chi connectivity index (χ0v) is 19.4. The molecular weight excluding hydrogens is 452 g/mol. The molecular formula is C22H24ClF2N7O. The van der Waals surface area contributed by atoms with Crippen molar-refractivity contribution >= 4 is 45.3 Å². The number of halogens is 3. The highest BCUT2D eigenvalue weighted by molar-refractivity contribution is 6.38. The summed E-state index contributed by atoms with van der Waals surface area (Å²) >= 11 is 6.69. The highest BCUT2D eigenvalue weighted by Crippen LogP contribution is 2.39. The van der Waals surface area contributed by atoms with Gasteiger partial charge in [0.05, 0.1) is 21.6 Å². The van der Waals surface area contributed by atoms with Gasteiger partial charge in [-0.15, -0.1) is 0 Å². The maximum absolute atomic E-state index is 13.0. The van der Waals surface area contributed by atoms with Crippen LogP contribution < -0.4 is 11.1 Å². The molecule has 4 aromatic rings. The Bertz CT molecular complexity index is 1370. The molecule has 0 saturated carbocycles. The number of hydrogen-bond acceptors (Lipinski definition) is 5. The number of fused-ring (bicyclic) bond motifs is 2. The monoisotopic (exact) mass is 475 g/mol. The van der Waals surface area contributed by atoms with Crippen molar-refractivity contribution in [3.05, 3.63) is 35.1 Å². The minimum absolute atomic E-state index is 0.132. The average Bonchev–Trinajstić information content (AvgIpc) is 3.25. The Hall–Kier alpha value is -3.27. The van der Waals surface area contributed by atoms with Gasteiger partial charge in [-0.2, -0.15) is 5.10 Å². The molecule has 0 aliphatic heterocycles. The van der Waals surface area contributed by atoms with Gasteiger partial charge in [-0.25, -0.2) is 23.4 Å². The fourth-order valence-corrected chi connectivity index (χ4v) is 3.88. The topological polar surface area (TPSA) is 115 Å². The largest absolute Gasteiger partial charge is 0.383 e. The molecule has 33 heavy (non-hydrogen) atoms. The molecule has 3 aromatic heterocycles. The van der Waals surface area contributed by atoms with Gasteiger partial charge in [0.2, 0.25) is 5.92 Å². The number of amides is 1. The van der Waals surface area contributed by atoms with Gasteiger partial charge in [-0.1, -0.05) is 17.7 Å². The molecule has 0 unspecified atom stereocenters. The first-order chi connectivity index (χ1) is 15.4. The lowest BCUT2D eigenvalue weighted by molar-refractivity contribution is 0.0137. The normalized spacial score (nSPS) is 12.6. The molecule has 4 rings (SSSR count). The predicted octanol–water partition coefficient (Wildman–Crippen LogP) is 4.74.